The van der Waals surface area contributed by atoms with Crippen molar-refractivity contribution < 1.29 is 19.1 Å². The SMILES string of the molecule is C[C@@]12CC1C(C(=O)OCc1ccccc1)(C(=O)OCc1ccccc1)C/C2=C\c1ccccc1. The lowest BCUT2D eigenvalue weighted by atomic mass is 9.81. The fraction of sp³-hybridized carbons (Fsp3) is 0.267. The molecule has 34 heavy (non-hydrogen) atoms. The van der Waals surface area contributed by atoms with E-state index in [1.165, 1.54) is 0 Å². The molecule has 2 atom stereocenters. The lowest BCUT2D eigenvalue weighted by molar-refractivity contribution is -0.175. The second-order valence-corrected chi connectivity index (χ2v) is 9.53. The zero-order chi connectivity index (χ0) is 23.6. The molecule has 0 spiro atoms. The minimum absolute atomic E-state index is 0.124. The Morgan fingerprint density at radius 2 is 1.26 bits per heavy atom. The van der Waals surface area contributed by atoms with E-state index in [4.69, 9.17) is 9.47 Å². The Morgan fingerprint density at radius 3 is 1.76 bits per heavy atom. The predicted molar refractivity (Wildman–Crippen MR) is 130 cm³/mol. The first kappa shape index (κ1) is 22.1. The molecule has 4 nitrogen and oxygen atoms in total. The van der Waals surface area contributed by atoms with Crippen LogP contribution in [0.3, 0.4) is 0 Å². The van der Waals surface area contributed by atoms with Crippen LogP contribution in [-0.4, -0.2) is 11.9 Å². The average Bonchev–Trinajstić information content (AvgIpc) is 3.52. The van der Waals surface area contributed by atoms with Gasteiger partial charge in [-0.3, -0.25) is 9.59 Å². The largest absolute Gasteiger partial charge is 0.460 e. The molecule has 2 aliphatic rings. The molecule has 0 bridgehead atoms. The van der Waals surface area contributed by atoms with Crippen LogP contribution in [0.25, 0.3) is 6.08 Å². The quantitative estimate of drug-likeness (QED) is 0.327. The Labute approximate surface area is 200 Å². The van der Waals surface area contributed by atoms with Crippen LogP contribution in [0.4, 0.5) is 0 Å². The summed E-state index contributed by atoms with van der Waals surface area (Å²) >= 11 is 0. The van der Waals surface area contributed by atoms with Gasteiger partial charge in [-0.05, 0) is 40.9 Å². The number of benzene rings is 3. The molecular formula is C30H28O4. The summed E-state index contributed by atoms with van der Waals surface area (Å²) in [6, 6.07) is 29.1. The van der Waals surface area contributed by atoms with Crippen LogP contribution in [0.2, 0.25) is 0 Å². The lowest BCUT2D eigenvalue weighted by Crippen LogP contribution is -2.42. The van der Waals surface area contributed by atoms with Crippen LogP contribution in [0.1, 0.15) is 36.5 Å². The minimum Gasteiger partial charge on any atom is -0.460 e. The number of esters is 2. The van der Waals surface area contributed by atoms with E-state index in [0.717, 1.165) is 28.7 Å². The number of hydrogen-bond acceptors (Lipinski definition) is 4. The van der Waals surface area contributed by atoms with Crippen molar-refractivity contribution in [3.8, 4) is 0 Å². The number of carbonyl (C=O) groups excluding carboxylic acids is 2. The summed E-state index contributed by atoms with van der Waals surface area (Å²) in [6.07, 6.45) is 3.22. The topological polar surface area (TPSA) is 52.6 Å². The molecule has 1 unspecified atom stereocenters. The molecule has 0 heterocycles. The Balaban J connectivity index is 1.43. The molecule has 3 aromatic carbocycles. The number of fused-ring (bicyclic) bond motifs is 1. The molecule has 0 aromatic heterocycles. The third-order valence-corrected chi connectivity index (χ3v) is 7.33. The highest BCUT2D eigenvalue weighted by Gasteiger charge is 2.75. The molecule has 4 heteroatoms. The number of ether oxygens (including phenoxy) is 2. The zero-order valence-electron chi connectivity index (χ0n) is 19.3. The van der Waals surface area contributed by atoms with Crippen molar-refractivity contribution in [1.82, 2.24) is 0 Å². The zero-order valence-corrected chi connectivity index (χ0v) is 19.3. The van der Waals surface area contributed by atoms with Gasteiger partial charge in [0.15, 0.2) is 5.41 Å². The van der Waals surface area contributed by atoms with Gasteiger partial charge in [0, 0.05) is 0 Å². The Hall–Kier alpha value is -3.66. The summed E-state index contributed by atoms with van der Waals surface area (Å²) in [4.78, 5) is 27.2. The number of hydrogen-bond donors (Lipinski definition) is 0. The van der Waals surface area contributed by atoms with Gasteiger partial charge >= 0.3 is 11.9 Å². The predicted octanol–water partition coefficient (Wildman–Crippen LogP) is 5.97. The van der Waals surface area contributed by atoms with Crippen molar-refractivity contribution in [2.45, 2.75) is 33.0 Å². The fourth-order valence-corrected chi connectivity index (χ4v) is 5.25. The van der Waals surface area contributed by atoms with Crippen molar-refractivity contribution in [1.29, 1.82) is 0 Å². The highest BCUT2D eigenvalue weighted by molar-refractivity contribution is 6.03. The molecule has 172 valence electrons. The summed E-state index contributed by atoms with van der Waals surface area (Å²) < 4.78 is 11.5. The summed E-state index contributed by atoms with van der Waals surface area (Å²) in [7, 11) is 0. The highest BCUT2D eigenvalue weighted by atomic mass is 16.6. The maximum Gasteiger partial charge on any atom is 0.324 e. The summed E-state index contributed by atoms with van der Waals surface area (Å²) in [6.45, 7) is 2.41. The lowest BCUT2D eigenvalue weighted by Gasteiger charge is -2.27. The normalized spacial score (nSPS) is 23.2. The van der Waals surface area contributed by atoms with Gasteiger partial charge in [-0.25, -0.2) is 0 Å². The molecule has 2 aliphatic carbocycles. The minimum atomic E-state index is -1.32. The number of rotatable bonds is 7. The first-order valence-electron chi connectivity index (χ1n) is 11.7. The van der Waals surface area contributed by atoms with Crippen LogP contribution in [-0.2, 0) is 32.3 Å². The number of allylic oxidation sites excluding steroid dienone is 1. The van der Waals surface area contributed by atoms with Crippen LogP contribution in [0.5, 0.6) is 0 Å². The third-order valence-electron chi connectivity index (χ3n) is 7.33. The first-order valence-corrected chi connectivity index (χ1v) is 11.7. The standard InChI is InChI=1S/C30H28O4/c1-29-19-26(29)30(18-25(29)17-22-11-5-2-6-12-22,27(31)33-20-23-13-7-3-8-14-23)28(32)34-21-24-15-9-4-10-16-24/h2-17,26H,18-21H2,1H3/b25-17+/t26?,29-/m0/s1. The molecule has 3 aromatic rings. The molecule has 0 N–H and O–H groups in total. The van der Waals surface area contributed by atoms with Gasteiger partial charge in [0.2, 0.25) is 0 Å². The highest BCUT2D eigenvalue weighted by Crippen LogP contribution is 2.74. The van der Waals surface area contributed by atoms with E-state index in [-0.39, 0.29) is 24.5 Å². The van der Waals surface area contributed by atoms with Gasteiger partial charge in [0.05, 0.1) is 0 Å². The summed E-state index contributed by atoms with van der Waals surface area (Å²) in [5, 5.41) is 0. The van der Waals surface area contributed by atoms with Gasteiger partial charge in [0.1, 0.15) is 13.2 Å². The first-order chi connectivity index (χ1) is 16.5. The summed E-state index contributed by atoms with van der Waals surface area (Å²) in [5.41, 5.74) is 2.43. The smallest absolute Gasteiger partial charge is 0.324 e. The van der Waals surface area contributed by atoms with Gasteiger partial charge in [-0.1, -0.05) is 110 Å². The van der Waals surface area contributed by atoms with E-state index in [2.05, 4.69) is 13.0 Å². The van der Waals surface area contributed by atoms with E-state index in [1.54, 1.807) is 0 Å². The van der Waals surface area contributed by atoms with E-state index in [9.17, 15) is 9.59 Å². The van der Waals surface area contributed by atoms with Gasteiger partial charge < -0.3 is 9.47 Å². The molecule has 0 aliphatic heterocycles. The summed E-state index contributed by atoms with van der Waals surface area (Å²) in [5.74, 6) is -1.10. The molecule has 0 amide bonds. The third kappa shape index (κ3) is 4.05. The van der Waals surface area contributed by atoms with E-state index < -0.39 is 17.4 Å². The second kappa shape index (κ2) is 8.94. The Morgan fingerprint density at radius 1 is 0.794 bits per heavy atom. The fourth-order valence-electron chi connectivity index (χ4n) is 5.25. The van der Waals surface area contributed by atoms with Crippen molar-refractivity contribution in [3.63, 3.8) is 0 Å². The Bertz CT molecular complexity index is 1140. The van der Waals surface area contributed by atoms with Crippen molar-refractivity contribution in [2.75, 3.05) is 0 Å². The molecule has 2 saturated carbocycles. The van der Waals surface area contributed by atoms with Crippen LogP contribution >= 0.6 is 0 Å². The van der Waals surface area contributed by atoms with Crippen LogP contribution in [0, 0.1) is 16.7 Å². The van der Waals surface area contributed by atoms with E-state index in [1.807, 2.05) is 91.0 Å². The maximum atomic E-state index is 13.6. The Kier molecular flexibility index (Phi) is 5.82. The van der Waals surface area contributed by atoms with E-state index >= 15 is 0 Å². The van der Waals surface area contributed by atoms with Gasteiger partial charge in [0.25, 0.3) is 0 Å². The van der Waals surface area contributed by atoms with Crippen LogP contribution in [0.15, 0.2) is 96.6 Å². The molecule has 0 saturated heterocycles. The van der Waals surface area contributed by atoms with Gasteiger partial charge in [-0.2, -0.15) is 0 Å². The molecular weight excluding hydrogens is 424 g/mol. The van der Waals surface area contributed by atoms with Crippen molar-refractivity contribution >= 4 is 18.0 Å². The van der Waals surface area contributed by atoms with Crippen molar-refractivity contribution in [3.05, 3.63) is 113 Å². The maximum absolute atomic E-state index is 13.6. The average molecular weight is 453 g/mol. The second-order valence-electron chi connectivity index (χ2n) is 9.53. The van der Waals surface area contributed by atoms with Gasteiger partial charge in [-0.15, -0.1) is 0 Å². The molecule has 2 fully saturated rings. The molecule has 5 rings (SSSR count). The van der Waals surface area contributed by atoms with E-state index in [0.29, 0.717) is 6.42 Å². The monoisotopic (exact) mass is 452 g/mol. The number of carbonyl (C=O) groups is 2. The van der Waals surface area contributed by atoms with Crippen molar-refractivity contribution in [2.24, 2.45) is 16.7 Å². The van der Waals surface area contributed by atoms with Crippen LogP contribution < -0.4 is 0 Å². The molecule has 0 radical (unpaired) electrons.